The topological polar surface area (TPSA) is 58.2 Å². The van der Waals surface area contributed by atoms with Crippen LogP contribution >= 0.6 is 0 Å². The smallest absolute Gasteiger partial charge is 0.234 e. The van der Waals surface area contributed by atoms with E-state index >= 15 is 0 Å². The van der Waals surface area contributed by atoms with Gasteiger partial charge < -0.3 is 10.6 Å². The summed E-state index contributed by atoms with van der Waals surface area (Å²) in [7, 11) is 0. The van der Waals surface area contributed by atoms with Crippen molar-refractivity contribution in [1.82, 2.24) is 5.32 Å². The van der Waals surface area contributed by atoms with Gasteiger partial charge >= 0.3 is 0 Å². The van der Waals surface area contributed by atoms with Crippen LogP contribution < -0.4 is 10.6 Å². The molecule has 0 aromatic heterocycles. The van der Waals surface area contributed by atoms with Gasteiger partial charge in [0.05, 0.1) is 11.8 Å². The van der Waals surface area contributed by atoms with Crippen LogP contribution in [0.25, 0.3) is 0 Å². The lowest BCUT2D eigenvalue weighted by Gasteiger charge is -2.16. The number of anilines is 1. The van der Waals surface area contributed by atoms with Gasteiger partial charge in [-0.05, 0) is 63.1 Å². The van der Waals surface area contributed by atoms with E-state index in [-0.39, 0.29) is 11.8 Å². The number of nitrogens with one attached hydrogen (secondary N) is 2. The van der Waals surface area contributed by atoms with Gasteiger partial charge in [0.25, 0.3) is 0 Å². The number of benzene rings is 1. The molecule has 2 N–H and O–H groups in total. The maximum Gasteiger partial charge on any atom is 0.234 e. The summed E-state index contributed by atoms with van der Waals surface area (Å²) in [5.74, 6) is 0.0568. The average Bonchev–Trinajstić information content (AvgIpc) is 2.78. The molecule has 128 valence electrons. The van der Waals surface area contributed by atoms with Crippen LogP contribution in [0.4, 0.5) is 5.69 Å². The van der Waals surface area contributed by atoms with Crippen molar-refractivity contribution < 1.29 is 9.59 Å². The fourth-order valence-corrected chi connectivity index (χ4v) is 3.47. The van der Waals surface area contributed by atoms with Gasteiger partial charge in [0.15, 0.2) is 0 Å². The Morgan fingerprint density at radius 2 is 2.12 bits per heavy atom. The zero-order valence-corrected chi connectivity index (χ0v) is 14.6. The SMILES string of the molecule is CC1(C)C(=O)Nc2ccc(CC(=O)NCCC3=CCCCC3)cc21. The monoisotopic (exact) mass is 326 g/mol. The Balaban J connectivity index is 1.55. The summed E-state index contributed by atoms with van der Waals surface area (Å²) in [5, 5.41) is 5.91. The van der Waals surface area contributed by atoms with Gasteiger partial charge in [-0.25, -0.2) is 0 Å². The highest BCUT2D eigenvalue weighted by molar-refractivity contribution is 6.05. The molecule has 1 aliphatic carbocycles. The highest BCUT2D eigenvalue weighted by Crippen LogP contribution is 2.37. The van der Waals surface area contributed by atoms with Crippen molar-refractivity contribution in [2.75, 3.05) is 11.9 Å². The van der Waals surface area contributed by atoms with Crippen LogP contribution in [0.3, 0.4) is 0 Å². The predicted molar refractivity (Wildman–Crippen MR) is 96.0 cm³/mol. The first-order chi connectivity index (χ1) is 11.5. The third kappa shape index (κ3) is 3.53. The quantitative estimate of drug-likeness (QED) is 0.814. The zero-order chi connectivity index (χ0) is 17.2. The van der Waals surface area contributed by atoms with E-state index in [1.165, 1.54) is 31.3 Å². The van der Waals surface area contributed by atoms with Gasteiger partial charge in [0.2, 0.25) is 11.8 Å². The molecule has 0 atom stereocenters. The minimum atomic E-state index is -0.532. The predicted octanol–water partition coefficient (Wildman–Crippen LogP) is 3.47. The zero-order valence-electron chi connectivity index (χ0n) is 14.6. The number of fused-ring (bicyclic) bond motifs is 1. The Morgan fingerprint density at radius 1 is 1.29 bits per heavy atom. The first-order valence-corrected chi connectivity index (χ1v) is 8.86. The van der Waals surface area contributed by atoms with Crippen LogP contribution in [-0.2, 0) is 21.4 Å². The number of rotatable bonds is 5. The van der Waals surface area contributed by atoms with Crippen molar-refractivity contribution in [2.24, 2.45) is 0 Å². The largest absolute Gasteiger partial charge is 0.355 e. The molecule has 0 saturated heterocycles. The molecule has 24 heavy (non-hydrogen) atoms. The molecule has 0 spiro atoms. The standard InChI is InChI=1S/C20H26N2O2/c1-20(2)16-12-15(8-9-17(16)22-19(20)24)13-18(23)21-11-10-14-6-4-3-5-7-14/h6,8-9,12H,3-5,7,10-11,13H2,1-2H3,(H,21,23)(H,22,24). The fourth-order valence-electron chi connectivity index (χ4n) is 3.47. The van der Waals surface area contributed by atoms with Crippen molar-refractivity contribution in [1.29, 1.82) is 0 Å². The summed E-state index contributed by atoms with van der Waals surface area (Å²) in [6.07, 6.45) is 8.57. The van der Waals surface area contributed by atoms with Gasteiger partial charge in [-0.3, -0.25) is 9.59 Å². The Kier molecular flexibility index (Phi) is 4.74. The molecular formula is C20H26N2O2. The molecule has 1 heterocycles. The molecule has 1 aliphatic heterocycles. The summed E-state index contributed by atoms with van der Waals surface area (Å²) in [4.78, 5) is 24.1. The third-order valence-electron chi connectivity index (χ3n) is 5.09. The number of carbonyl (C=O) groups is 2. The molecule has 0 bridgehead atoms. The second-order valence-electron chi connectivity index (χ2n) is 7.34. The maximum absolute atomic E-state index is 12.2. The molecule has 0 unspecified atom stereocenters. The Hall–Kier alpha value is -2.10. The van der Waals surface area contributed by atoms with Gasteiger partial charge in [-0.1, -0.05) is 23.8 Å². The van der Waals surface area contributed by atoms with Gasteiger partial charge in [-0.15, -0.1) is 0 Å². The maximum atomic E-state index is 12.2. The Bertz CT molecular complexity index is 689. The van der Waals surface area contributed by atoms with E-state index in [0.29, 0.717) is 13.0 Å². The van der Waals surface area contributed by atoms with Crippen molar-refractivity contribution in [3.8, 4) is 0 Å². The number of hydrogen-bond donors (Lipinski definition) is 2. The number of carbonyl (C=O) groups excluding carboxylic acids is 2. The summed E-state index contributed by atoms with van der Waals surface area (Å²) in [6.45, 7) is 4.53. The van der Waals surface area contributed by atoms with Crippen molar-refractivity contribution in [3.05, 3.63) is 41.0 Å². The molecule has 1 aromatic rings. The fraction of sp³-hybridized carbons (Fsp3) is 0.500. The lowest BCUT2D eigenvalue weighted by molar-refractivity contribution is -0.120. The van der Waals surface area contributed by atoms with E-state index in [0.717, 1.165) is 23.2 Å². The van der Waals surface area contributed by atoms with E-state index in [2.05, 4.69) is 16.7 Å². The van der Waals surface area contributed by atoms with E-state index in [1.807, 2.05) is 32.0 Å². The molecule has 0 radical (unpaired) electrons. The molecule has 2 amide bonds. The molecule has 0 fully saturated rings. The first-order valence-electron chi connectivity index (χ1n) is 8.86. The third-order valence-corrected chi connectivity index (χ3v) is 5.09. The van der Waals surface area contributed by atoms with Gasteiger partial charge in [-0.2, -0.15) is 0 Å². The summed E-state index contributed by atoms with van der Waals surface area (Å²) >= 11 is 0. The highest BCUT2D eigenvalue weighted by Gasteiger charge is 2.38. The van der Waals surface area contributed by atoms with Gasteiger partial charge in [0, 0.05) is 12.2 Å². The van der Waals surface area contributed by atoms with E-state index in [4.69, 9.17) is 0 Å². The average molecular weight is 326 g/mol. The van der Waals surface area contributed by atoms with Crippen LogP contribution in [0.5, 0.6) is 0 Å². The lowest BCUT2D eigenvalue weighted by atomic mass is 9.85. The minimum Gasteiger partial charge on any atom is -0.355 e. The second-order valence-corrected chi connectivity index (χ2v) is 7.34. The minimum absolute atomic E-state index is 0.0138. The number of allylic oxidation sites excluding steroid dienone is 1. The van der Waals surface area contributed by atoms with Crippen LogP contribution in [0.1, 0.15) is 57.1 Å². The van der Waals surface area contributed by atoms with Crippen molar-refractivity contribution in [3.63, 3.8) is 0 Å². The normalized spacial score (nSPS) is 18.6. The first kappa shape index (κ1) is 16.7. The van der Waals surface area contributed by atoms with E-state index in [9.17, 15) is 9.59 Å². The molecule has 3 rings (SSSR count). The molecule has 2 aliphatic rings. The molecule has 0 saturated carbocycles. The summed E-state index contributed by atoms with van der Waals surface area (Å²) in [5.41, 5.74) is 3.73. The Morgan fingerprint density at radius 3 is 2.88 bits per heavy atom. The molecule has 1 aromatic carbocycles. The summed E-state index contributed by atoms with van der Waals surface area (Å²) in [6, 6.07) is 5.80. The molecular weight excluding hydrogens is 300 g/mol. The van der Waals surface area contributed by atoms with E-state index in [1.54, 1.807) is 0 Å². The number of amides is 2. The van der Waals surface area contributed by atoms with Gasteiger partial charge in [0.1, 0.15) is 0 Å². The van der Waals surface area contributed by atoms with Crippen molar-refractivity contribution >= 4 is 17.5 Å². The lowest BCUT2D eigenvalue weighted by Crippen LogP contribution is -2.27. The Labute approximate surface area is 143 Å². The molecule has 4 nitrogen and oxygen atoms in total. The van der Waals surface area contributed by atoms with Crippen molar-refractivity contribution in [2.45, 2.75) is 57.8 Å². The molecule has 4 heteroatoms. The van der Waals surface area contributed by atoms with E-state index < -0.39 is 5.41 Å². The van der Waals surface area contributed by atoms with Crippen LogP contribution in [0, 0.1) is 0 Å². The highest BCUT2D eigenvalue weighted by atomic mass is 16.2. The summed E-state index contributed by atoms with van der Waals surface area (Å²) < 4.78 is 0. The van der Waals surface area contributed by atoms with Crippen LogP contribution in [-0.4, -0.2) is 18.4 Å². The van der Waals surface area contributed by atoms with Crippen LogP contribution in [0.15, 0.2) is 29.8 Å². The van der Waals surface area contributed by atoms with Crippen LogP contribution in [0.2, 0.25) is 0 Å². The second kappa shape index (κ2) is 6.80. The number of hydrogen-bond acceptors (Lipinski definition) is 2.